The number of rotatable bonds is 5. The molecule has 0 aliphatic rings. The van der Waals surface area contributed by atoms with Crippen LogP contribution in [-0.2, 0) is 16.6 Å². The van der Waals surface area contributed by atoms with Gasteiger partial charge in [0.1, 0.15) is 4.90 Å². The lowest BCUT2D eigenvalue weighted by molar-refractivity contribution is 0.0686. The molecule has 0 aliphatic heterocycles. The van der Waals surface area contributed by atoms with Crippen molar-refractivity contribution in [3.63, 3.8) is 0 Å². The number of aromatic nitrogens is 3. The van der Waals surface area contributed by atoms with Gasteiger partial charge in [-0.2, -0.15) is 5.10 Å². The number of H-pyrrole nitrogens is 1. The van der Waals surface area contributed by atoms with Gasteiger partial charge in [-0.1, -0.05) is 6.07 Å². The Labute approximate surface area is 114 Å². The van der Waals surface area contributed by atoms with E-state index in [4.69, 9.17) is 5.11 Å². The molecule has 0 aliphatic carbocycles. The first-order valence-electron chi connectivity index (χ1n) is 5.58. The number of aromatic amines is 1. The molecule has 9 heteroatoms. The summed E-state index contributed by atoms with van der Waals surface area (Å²) >= 11 is 0. The molecular weight excluding hydrogens is 284 g/mol. The van der Waals surface area contributed by atoms with Crippen LogP contribution in [0.15, 0.2) is 29.4 Å². The van der Waals surface area contributed by atoms with Crippen molar-refractivity contribution in [1.82, 2.24) is 19.9 Å². The minimum Gasteiger partial charge on any atom is -0.476 e. The maximum Gasteiger partial charge on any atom is 0.357 e. The number of carboxylic acids is 1. The maximum absolute atomic E-state index is 12.2. The van der Waals surface area contributed by atoms with Crippen LogP contribution < -0.4 is 4.72 Å². The van der Waals surface area contributed by atoms with E-state index in [-0.39, 0.29) is 17.1 Å². The van der Waals surface area contributed by atoms with Crippen LogP contribution in [0.3, 0.4) is 0 Å². The average Bonchev–Trinajstić information content (AvgIpc) is 2.81. The third-order valence-electron chi connectivity index (χ3n) is 2.55. The van der Waals surface area contributed by atoms with Crippen molar-refractivity contribution in [2.24, 2.45) is 0 Å². The highest BCUT2D eigenvalue weighted by Gasteiger charge is 2.27. The summed E-state index contributed by atoms with van der Waals surface area (Å²) < 4.78 is 26.6. The molecule has 2 rings (SSSR count). The molecule has 0 aromatic carbocycles. The Morgan fingerprint density at radius 3 is 2.85 bits per heavy atom. The van der Waals surface area contributed by atoms with Crippen molar-refractivity contribution in [3.05, 3.63) is 41.5 Å². The second kappa shape index (κ2) is 5.39. The number of sulfonamides is 1. The van der Waals surface area contributed by atoms with E-state index in [1.165, 1.54) is 13.1 Å². The number of nitrogens with one attached hydrogen (secondary N) is 2. The molecule has 0 unspecified atom stereocenters. The van der Waals surface area contributed by atoms with Crippen molar-refractivity contribution >= 4 is 16.0 Å². The Kier molecular flexibility index (Phi) is 3.81. The number of pyridine rings is 1. The van der Waals surface area contributed by atoms with Crippen LogP contribution in [0.4, 0.5) is 0 Å². The van der Waals surface area contributed by atoms with Gasteiger partial charge in [0.25, 0.3) is 0 Å². The number of aromatic carboxylic acids is 1. The Morgan fingerprint density at radius 1 is 1.50 bits per heavy atom. The van der Waals surface area contributed by atoms with E-state index >= 15 is 0 Å². The van der Waals surface area contributed by atoms with Gasteiger partial charge in [-0.3, -0.25) is 10.1 Å². The molecule has 2 aromatic heterocycles. The summed E-state index contributed by atoms with van der Waals surface area (Å²) in [6, 6.07) is 3.38. The van der Waals surface area contributed by atoms with Gasteiger partial charge in [0.05, 0.1) is 5.69 Å². The molecule has 0 bridgehead atoms. The summed E-state index contributed by atoms with van der Waals surface area (Å²) in [6.45, 7) is 1.46. The quantitative estimate of drug-likeness (QED) is 0.728. The van der Waals surface area contributed by atoms with E-state index in [0.29, 0.717) is 5.56 Å². The predicted octanol–water partition coefficient (Wildman–Crippen LogP) is 0.290. The smallest absolute Gasteiger partial charge is 0.357 e. The molecule has 8 nitrogen and oxygen atoms in total. The van der Waals surface area contributed by atoms with Gasteiger partial charge in [0.15, 0.2) is 5.69 Å². The van der Waals surface area contributed by atoms with Gasteiger partial charge in [-0.25, -0.2) is 17.9 Å². The van der Waals surface area contributed by atoms with Crippen LogP contribution in [0.1, 0.15) is 21.7 Å². The first kappa shape index (κ1) is 14.2. The summed E-state index contributed by atoms with van der Waals surface area (Å²) in [5.74, 6) is -1.41. The molecule has 0 atom stereocenters. The lowest BCUT2D eigenvalue weighted by Gasteiger charge is -2.06. The number of carboxylic acid groups (broad SMARTS) is 1. The standard InChI is InChI=1S/C11H12N4O4S/c1-7-10(9(11(16)17)15-14-7)20(18,19)13-6-8-3-2-4-12-5-8/h2-5,13H,6H2,1H3,(H,14,15)(H,16,17). The van der Waals surface area contributed by atoms with Crippen molar-refractivity contribution in [1.29, 1.82) is 0 Å². The van der Waals surface area contributed by atoms with E-state index in [1.807, 2.05) is 0 Å². The second-order valence-corrected chi connectivity index (χ2v) is 5.72. The first-order valence-corrected chi connectivity index (χ1v) is 7.07. The zero-order chi connectivity index (χ0) is 14.8. The summed E-state index contributed by atoms with van der Waals surface area (Å²) in [5.41, 5.74) is 0.302. The van der Waals surface area contributed by atoms with Gasteiger partial charge >= 0.3 is 5.97 Å². The lowest BCUT2D eigenvalue weighted by Crippen LogP contribution is -2.25. The van der Waals surface area contributed by atoms with Crippen LogP contribution in [0, 0.1) is 6.92 Å². The van der Waals surface area contributed by atoms with Crippen molar-refractivity contribution in [2.75, 3.05) is 0 Å². The Morgan fingerprint density at radius 2 is 2.25 bits per heavy atom. The molecular formula is C11H12N4O4S. The largest absolute Gasteiger partial charge is 0.476 e. The molecule has 2 aromatic rings. The fourth-order valence-electron chi connectivity index (χ4n) is 1.65. The highest BCUT2D eigenvalue weighted by molar-refractivity contribution is 7.89. The Balaban J connectivity index is 2.27. The topological polar surface area (TPSA) is 125 Å². The summed E-state index contributed by atoms with van der Waals surface area (Å²) in [5, 5.41) is 14.8. The number of aryl methyl sites for hydroxylation is 1. The minimum atomic E-state index is -3.97. The van der Waals surface area contributed by atoms with Crippen molar-refractivity contribution < 1.29 is 18.3 Å². The van der Waals surface area contributed by atoms with Crippen LogP contribution in [0.5, 0.6) is 0 Å². The van der Waals surface area contributed by atoms with Crippen molar-refractivity contribution in [3.8, 4) is 0 Å². The number of hydrogen-bond donors (Lipinski definition) is 3. The van der Waals surface area contributed by atoms with Gasteiger partial charge in [0, 0.05) is 18.9 Å². The third kappa shape index (κ3) is 2.83. The van der Waals surface area contributed by atoms with Crippen LogP contribution in [0.2, 0.25) is 0 Å². The highest BCUT2D eigenvalue weighted by atomic mass is 32.2. The molecule has 0 amide bonds. The minimum absolute atomic E-state index is 0.0137. The van der Waals surface area contributed by atoms with E-state index in [9.17, 15) is 13.2 Å². The zero-order valence-electron chi connectivity index (χ0n) is 10.5. The predicted molar refractivity (Wildman–Crippen MR) is 68.5 cm³/mol. The summed E-state index contributed by atoms with van der Waals surface area (Å²) in [4.78, 5) is 14.5. The van der Waals surface area contributed by atoms with Gasteiger partial charge in [0.2, 0.25) is 10.0 Å². The highest BCUT2D eigenvalue weighted by Crippen LogP contribution is 2.17. The van der Waals surface area contributed by atoms with E-state index in [0.717, 1.165) is 0 Å². The van der Waals surface area contributed by atoms with Gasteiger partial charge < -0.3 is 5.11 Å². The molecule has 3 N–H and O–H groups in total. The Bertz CT molecular complexity index is 724. The molecule has 2 heterocycles. The normalized spacial score (nSPS) is 11.4. The average molecular weight is 296 g/mol. The fourth-order valence-corrected chi connectivity index (χ4v) is 2.98. The SMILES string of the molecule is Cc1[nH]nc(C(=O)O)c1S(=O)(=O)NCc1cccnc1. The first-order chi connectivity index (χ1) is 9.42. The van der Waals surface area contributed by atoms with Crippen LogP contribution in [0.25, 0.3) is 0 Å². The lowest BCUT2D eigenvalue weighted by atomic mass is 10.3. The van der Waals surface area contributed by atoms with E-state index < -0.39 is 21.7 Å². The van der Waals surface area contributed by atoms with E-state index in [2.05, 4.69) is 19.9 Å². The molecule has 0 fully saturated rings. The molecule has 0 spiro atoms. The van der Waals surface area contributed by atoms with Crippen LogP contribution >= 0.6 is 0 Å². The van der Waals surface area contributed by atoms with E-state index in [1.54, 1.807) is 18.3 Å². The number of carbonyl (C=O) groups is 1. The maximum atomic E-state index is 12.2. The number of nitrogens with zero attached hydrogens (tertiary/aromatic N) is 2. The molecule has 0 saturated carbocycles. The Hall–Kier alpha value is -2.26. The van der Waals surface area contributed by atoms with Gasteiger partial charge in [-0.05, 0) is 18.6 Å². The molecule has 0 saturated heterocycles. The third-order valence-corrected chi connectivity index (χ3v) is 4.11. The summed E-state index contributed by atoms with van der Waals surface area (Å²) in [7, 11) is -3.97. The molecule has 106 valence electrons. The molecule has 20 heavy (non-hydrogen) atoms. The zero-order valence-corrected chi connectivity index (χ0v) is 11.3. The monoisotopic (exact) mass is 296 g/mol. The molecule has 0 radical (unpaired) electrons. The fraction of sp³-hybridized carbons (Fsp3) is 0.182. The van der Waals surface area contributed by atoms with Crippen molar-refractivity contribution in [2.45, 2.75) is 18.4 Å². The van der Waals surface area contributed by atoms with Gasteiger partial charge in [-0.15, -0.1) is 0 Å². The second-order valence-electron chi connectivity index (χ2n) is 4.02. The van der Waals surface area contributed by atoms with Crippen LogP contribution in [-0.4, -0.2) is 34.7 Å². The number of hydrogen-bond acceptors (Lipinski definition) is 5. The summed E-state index contributed by atoms with van der Waals surface area (Å²) in [6.07, 6.45) is 3.09.